The first-order valence-electron chi connectivity index (χ1n) is 6.72. The molecule has 0 saturated carbocycles. The van der Waals surface area contributed by atoms with E-state index in [4.69, 9.17) is 5.11 Å². The second-order valence-electron chi connectivity index (χ2n) is 5.18. The van der Waals surface area contributed by atoms with Crippen molar-refractivity contribution in [2.75, 3.05) is 7.05 Å². The summed E-state index contributed by atoms with van der Waals surface area (Å²) in [5.74, 6) is -0.885. The molecule has 1 atom stereocenters. The van der Waals surface area contributed by atoms with Crippen molar-refractivity contribution in [3.63, 3.8) is 0 Å². The summed E-state index contributed by atoms with van der Waals surface area (Å²) in [6.07, 6.45) is -0.0523. The van der Waals surface area contributed by atoms with Gasteiger partial charge in [-0.15, -0.1) is 0 Å². The van der Waals surface area contributed by atoms with Gasteiger partial charge in [0.05, 0.1) is 21.0 Å². The first kappa shape index (κ1) is 17.3. The Morgan fingerprint density at radius 3 is 2.10 bits per heavy atom. The molecule has 0 aliphatic rings. The van der Waals surface area contributed by atoms with Crippen LogP contribution in [0, 0.1) is 0 Å². The van der Waals surface area contributed by atoms with Gasteiger partial charge in [0.1, 0.15) is 0 Å². The molecule has 5 heteroatoms. The van der Waals surface area contributed by atoms with Gasteiger partial charge in [-0.25, -0.2) is 4.21 Å². The predicted octanol–water partition coefficient (Wildman–Crippen LogP) is 3.16. The van der Waals surface area contributed by atoms with E-state index in [1.807, 2.05) is 51.1 Å². The first-order valence-corrected chi connectivity index (χ1v) is 8.24. The lowest BCUT2D eigenvalue weighted by Gasteiger charge is -2.29. The first-order chi connectivity index (χ1) is 9.71. The number of carboxylic acids is 1. The van der Waals surface area contributed by atoms with Crippen LogP contribution in [0.25, 0.3) is 0 Å². The molecule has 0 heterocycles. The number of rotatable bonds is 5. The van der Waals surface area contributed by atoms with Crippen LogP contribution in [-0.4, -0.2) is 31.5 Å². The summed E-state index contributed by atoms with van der Waals surface area (Å²) in [6.45, 7) is 7.25. The van der Waals surface area contributed by atoms with Crippen LogP contribution in [0.4, 0.5) is 0 Å². The van der Waals surface area contributed by atoms with Crippen molar-refractivity contribution in [3.8, 4) is 0 Å². The number of carbonyl (C=O) groups is 1. The van der Waals surface area contributed by atoms with Gasteiger partial charge >= 0.3 is 5.97 Å². The lowest BCUT2D eigenvalue weighted by atomic mass is 10.2. The Hall–Kier alpha value is -1.75. The molecule has 116 valence electrons. The minimum Gasteiger partial charge on any atom is -0.481 e. The molecule has 1 rings (SSSR count). The molecule has 1 aromatic carbocycles. The average molecular weight is 309 g/mol. The zero-order valence-electron chi connectivity index (χ0n) is 13.2. The second-order valence-corrected chi connectivity index (χ2v) is 8.07. The lowest BCUT2D eigenvalue weighted by Crippen LogP contribution is -2.30. The molecule has 4 nitrogen and oxygen atoms in total. The Balaban J connectivity index is 3.43. The summed E-state index contributed by atoms with van der Waals surface area (Å²) in [5, 5.41) is 8.91. The molecular formula is C16H23NO3S. The van der Waals surface area contributed by atoms with E-state index < -0.39 is 15.7 Å². The summed E-state index contributed by atoms with van der Waals surface area (Å²) in [6, 6.07) is 9.27. The molecule has 0 saturated heterocycles. The van der Waals surface area contributed by atoms with Crippen LogP contribution in [0.1, 0.15) is 34.1 Å². The van der Waals surface area contributed by atoms with Crippen LogP contribution in [0.3, 0.4) is 0 Å². The number of hydrogen-bond acceptors (Lipinski definition) is 2. The van der Waals surface area contributed by atoms with Crippen molar-refractivity contribution in [1.29, 1.82) is 0 Å². The fourth-order valence-corrected chi connectivity index (χ4v) is 4.49. The fraction of sp³-hybridized carbons (Fsp3) is 0.375. The van der Waals surface area contributed by atoms with E-state index in [0.29, 0.717) is 5.57 Å². The summed E-state index contributed by atoms with van der Waals surface area (Å²) in [4.78, 5) is 12.4. The highest BCUT2D eigenvalue weighted by atomic mass is 32.2. The molecule has 0 radical (unpaired) electrons. The van der Waals surface area contributed by atoms with Crippen LogP contribution in [0.5, 0.6) is 0 Å². The van der Waals surface area contributed by atoms with Gasteiger partial charge in [-0.1, -0.05) is 18.2 Å². The number of benzene rings is 1. The Bertz CT molecular complexity index is 664. The number of aliphatic carboxylic acids is 1. The van der Waals surface area contributed by atoms with Crippen molar-refractivity contribution in [3.05, 3.63) is 41.6 Å². The van der Waals surface area contributed by atoms with Crippen LogP contribution in [0.15, 0.2) is 46.5 Å². The van der Waals surface area contributed by atoms with E-state index >= 15 is 0 Å². The summed E-state index contributed by atoms with van der Waals surface area (Å²) in [5.41, 5.74) is 1.43. The van der Waals surface area contributed by atoms with Crippen molar-refractivity contribution >= 4 is 20.5 Å². The summed E-state index contributed by atoms with van der Waals surface area (Å²) >= 11 is 0. The third-order valence-corrected chi connectivity index (χ3v) is 6.57. The van der Waals surface area contributed by atoms with Crippen LogP contribution in [0.2, 0.25) is 0 Å². The molecule has 0 fully saturated rings. The molecule has 1 unspecified atom stereocenters. The third-order valence-electron chi connectivity index (χ3n) is 3.51. The highest BCUT2D eigenvalue weighted by molar-refractivity contribution is 8.00. The maximum Gasteiger partial charge on any atom is 0.307 e. The molecule has 0 bridgehead atoms. The third kappa shape index (κ3) is 3.67. The minimum atomic E-state index is -2.54. The number of hydrogen-bond donors (Lipinski definition) is 1. The standard InChI is InChI=1S/C16H23NO3S/c1-12(2)21(20,15-9-7-6-8-10-15)17(5)14(4)13(3)11-16(18)19/h6-10H,11H2,1-5H3,(H,18,19). The summed E-state index contributed by atoms with van der Waals surface area (Å²) < 4.78 is 15.2. The molecule has 0 aromatic heterocycles. The van der Waals surface area contributed by atoms with E-state index in [0.717, 1.165) is 15.5 Å². The quantitative estimate of drug-likeness (QED) is 0.850. The normalized spacial score (nSPS) is 14.9. The van der Waals surface area contributed by atoms with Crippen LogP contribution < -0.4 is 0 Å². The molecule has 1 N–H and O–H groups in total. The molecular weight excluding hydrogens is 286 g/mol. The largest absolute Gasteiger partial charge is 0.481 e. The molecule has 0 aliphatic carbocycles. The van der Waals surface area contributed by atoms with Crippen molar-refractivity contribution < 1.29 is 14.1 Å². The van der Waals surface area contributed by atoms with Crippen LogP contribution >= 0.6 is 0 Å². The monoisotopic (exact) mass is 309 g/mol. The Morgan fingerprint density at radius 1 is 1.14 bits per heavy atom. The smallest absolute Gasteiger partial charge is 0.307 e. The molecule has 1 aromatic rings. The van der Waals surface area contributed by atoms with Gasteiger partial charge in [0.15, 0.2) is 0 Å². The molecule has 0 aliphatic heterocycles. The van der Waals surface area contributed by atoms with Gasteiger partial charge in [-0.3, -0.25) is 4.79 Å². The van der Waals surface area contributed by atoms with E-state index in [9.17, 15) is 9.00 Å². The Morgan fingerprint density at radius 2 is 1.67 bits per heavy atom. The highest BCUT2D eigenvalue weighted by Gasteiger charge is 2.20. The topological polar surface area (TPSA) is 57.6 Å². The average Bonchev–Trinajstić information content (AvgIpc) is 2.44. The maximum atomic E-state index is 13.5. The Kier molecular flexibility index (Phi) is 5.61. The van der Waals surface area contributed by atoms with Gasteiger partial charge in [0.2, 0.25) is 0 Å². The van der Waals surface area contributed by atoms with Crippen molar-refractivity contribution in [2.45, 2.75) is 39.0 Å². The van der Waals surface area contributed by atoms with E-state index in [1.165, 1.54) is 0 Å². The van der Waals surface area contributed by atoms with Crippen molar-refractivity contribution in [1.82, 2.24) is 4.31 Å². The van der Waals surface area contributed by atoms with E-state index in [-0.39, 0.29) is 6.42 Å². The molecule has 0 amide bonds. The number of nitrogens with zero attached hydrogens (tertiary/aromatic N) is 1. The van der Waals surface area contributed by atoms with Gasteiger partial charge in [0.25, 0.3) is 0 Å². The van der Waals surface area contributed by atoms with Crippen molar-refractivity contribution in [2.24, 2.45) is 0 Å². The summed E-state index contributed by atoms with van der Waals surface area (Å²) in [7, 11) is -0.791. The molecule has 0 spiro atoms. The van der Waals surface area contributed by atoms with Crippen LogP contribution in [-0.2, 0) is 14.5 Å². The zero-order valence-corrected chi connectivity index (χ0v) is 14.0. The predicted molar refractivity (Wildman–Crippen MR) is 87.6 cm³/mol. The zero-order chi connectivity index (χ0) is 16.2. The van der Waals surface area contributed by atoms with E-state index in [2.05, 4.69) is 0 Å². The van der Waals surface area contributed by atoms with E-state index in [1.54, 1.807) is 18.3 Å². The fourth-order valence-electron chi connectivity index (χ4n) is 2.09. The molecule has 21 heavy (non-hydrogen) atoms. The Labute approximate surface area is 127 Å². The second kappa shape index (κ2) is 6.80. The van der Waals surface area contributed by atoms with Gasteiger partial charge in [0, 0.05) is 12.7 Å². The van der Waals surface area contributed by atoms with Gasteiger partial charge < -0.3 is 9.41 Å². The van der Waals surface area contributed by atoms with Gasteiger partial charge in [-0.05, 0) is 50.3 Å². The number of allylic oxidation sites excluding steroid dienone is 1. The SMILES string of the molecule is CC(CC(=O)O)=C(C)N(C)S(=O)(=C(C)C)c1ccccc1. The lowest BCUT2D eigenvalue weighted by molar-refractivity contribution is -0.136. The van der Waals surface area contributed by atoms with Gasteiger partial charge in [-0.2, -0.15) is 0 Å². The maximum absolute atomic E-state index is 13.5. The minimum absolute atomic E-state index is 0.0523. The number of carboxylic acid groups (broad SMARTS) is 1. The highest BCUT2D eigenvalue weighted by Crippen LogP contribution is 2.23.